The summed E-state index contributed by atoms with van der Waals surface area (Å²) in [6.07, 6.45) is 2.09. The van der Waals surface area contributed by atoms with Gasteiger partial charge in [-0.05, 0) is 65.4 Å². The minimum Gasteiger partial charge on any atom is -0.318 e. The summed E-state index contributed by atoms with van der Waals surface area (Å²) in [5.74, 6) is 0.460. The molecule has 1 aliphatic heterocycles. The van der Waals surface area contributed by atoms with Crippen molar-refractivity contribution in [2.45, 2.75) is 39.3 Å². The van der Waals surface area contributed by atoms with Crippen LogP contribution in [0.15, 0.2) is 91.1 Å². The molecular formula is C29H29N3O. The van der Waals surface area contributed by atoms with Crippen molar-refractivity contribution in [2.75, 3.05) is 5.32 Å². The van der Waals surface area contributed by atoms with E-state index in [4.69, 9.17) is 0 Å². The average Bonchev–Trinajstić information content (AvgIpc) is 3.23. The van der Waals surface area contributed by atoms with Crippen LogP contribution in [-0.2, 0) is 6.54 Å². The molecule has 0 aliphatic carbocycles. The Hall–Kier alpha value is -3.79. The van der Waals surface area contributed by atoms with Crippen LogP contribution in [0.4, 0.5) is 10.5 Å². The molecule has 1 N–H and O–H groups in total. The largest absolute Gasteiger partial charge is 0.322 e. The van der Waals surface area contributed by atoms with Gasteiger partial charge < -0.3 is 14.8 Å². The maximum absolute atomic E-state index is 13.7. The van der Waals surface area contributed by atoms with E-state index in [-0.39, 0.29) is 12.1 Å². The molecule has 0 spiro atoms. The first-order chi connectivity index (χ1) is 16.0. The van der Waals surface area contributed by atoms with E-state index in [1.54, 1.807) is 0 Å². The lowest BCUT2D eigenvalue weighted by Gasteiger charge is -2.31. The second kappa shape index (κ2) is 8.62. The van der Waals surface area contributed by atoms with Crippen molar-refractivity contribution in [1.82, 2.24) is 9.47 Å². The average molecular weight is 436 g/mol. The summed E-state index contributed by atoms with van der Waals surface area (Å²) in [4.78, 5) is 15.7. The van der Waals surface area contributed by atoms with E-state index in [9.17, 15) is 4.79 Å². The molecule has 166 valence electrons. The summed E-state index contributed by atoms with van der Waals surface area (Å²) in [5.41, 5.74) is 7.64. The summed E-state index contributed by atoms with van der Waals surface area (Å²) >= 11 is 0. The first-order valence-corrected chi connectivity index (χ1v) is 11.5. The number of rotatable bonds is 3. The van der Waals surface area contributed by atoms with Crippen molar-refractivity contribution in [2.24, 2.45) is 0 Å². The Kier molecular flexibility index (Phi) is 5.51. The molecule has 0 saturated heterocycles. The fourth-order valence-corrected chi connectivity index (χ4v) is 4.67. The van der Waals surface area contributed by atoms with Crippen molar-refractivity contribution in [1.29, 1.82) is 0 Å². The highest BCUT2D eigenvalue weighted by Crippen LogP contribution is 2.37. The third kappa shape index (κ3) is 4.05. The molecule has 4 heteroatoms. The van der Waals surface area contributed by atoms with Gasteiger partial charge in [0.1, 0.15) is 0 Å². The van der Waals surface area contributed by atoms with E-state index in [0.717, 1.165) is 33.8 Å². The highest BCUT2D eigenvalue weighted by atomic mass is 16.2. The molecule has 1 aliphatic rings. The van der Waals surface area contributed by atoms with Crippen LogP contribution in [0.3, 0.4) is 0 Å². The van der Waals surface area contributed by atoms with Crippen LogP contribution in [0.25, 0.3) is 5.69 Å². The second-order valence-electron chi connectivity index (χ2n) is 9.08. The predicted octanol–water partition coefficient (Wildman–Crippen LogP) is 7.05. The third-order valence-electron chi connectivity index (χ3n) is 6.41. The van der Waals surface area contributed by atoms with Crippen molar-refractivity contribution in [3.63, 3.8) is 0 Å². The molecule has 0 fully saturated rings. The van der Waals surface area contributed by atoms with Gasteiger partial charge >= 0.3 is 6.03 Å². The van der Waals surface area contributed by atoms with Crippen LogP contribution in [-0.4, -0.2) is 15.5 Å². The Balaban J connectivity index is 1.61. The molecule has 5 rings (SSSR count). The number of aryl methyl sites for hydroxylation is 1. The topological polar surface area (TPSA) is 37.3 Å². The van der Waals surface area contributed by atoms with E-state index < -0.39 is 0 Å². The number of para-hydroxylation sites is 1. The smallest absolute Gasteiger partial charge is 0.318 e. The summed E-state index contributed by atoms with van der Waals surface area (Å²) in [5, 5.41) is 3.14. The Morgan fingerprint density at radius 1 is 0.939 bits per heavy atom. The number of benzene rings is 3. The normalized spacial score (nSPS) is 15.0. The van der Waals surface area contributed by atoms with Crippen LogP contribution in [0.5, 0.6) is 0 Å². The highest BCUT2D eigenvalue weighted by Gasteiger charge is 2.33. The number of urea groups is 1. The van der Waals surface area contributed by atoms with Gasteiger partial charge in [-0.15, -0.1) is 0 Å². The summed E-state index contributed by atoms with van der Waals surface area (Å²) in [6.45, 7) is 6.95. The van der Waals surface area contributed by atoms with Gasteiger partial charge in [0.05, 0.1) is 18.3 Å². The zero-order valence-electron chi connectivity index (χ0n) is 19.3. The Labute approximate surface area is 195 Å². The standard InChI is InChI=1S/C29H29N3O/c1-20(2)22-13-15-23(16-14-22)28-27-12-7-17-31(27)26-11-5-4-9-24(26)19-32(28)29(33)30-25-10-6-8-21(3)18-25/h4-18,20,28H,19H2,1-3H3,(H,30,33)/t28-/m1/s1. The number of hydrogen-bond acceptors (Lipinski definition) is 1. The maximum Gasteiger partial charge on any atom is 0.322 e. The van der Waals surface area contributed by atoms with E-state index in [1.165, 1.54) is 5.56 Å². The Morgan fingerprint density at radius 3 is 2.48 bits per heavy atom. The molecule has 0 unspecified atom stereocenters. The van der Waals surface area contributed by atoms with Crippen molar-refractivity contribution in [3.05, 3.63) is 119 Å². The quantitative estimate of drug-likeness (QED) is 0.368. The molecule has 4 aromatic rings. The number of fused-ring (bicyclic) bond motifs is 3. The number of carbonyl (C=O) groups excluding carboxylic acids is 1. The van der Waals surface area contributed by atoms with Gasteiger partial charge in [-0.1, -0.05) is 68.4 Å². The molecule has 1 atom stereocenters. The monoisotopic (exact) mass is 435 g/mol. The highest BCUT2D eigenvalue weighted by molar-refractivity contribution is 5.90. The van der Waals surface area contributed by atoms with Gasteiger partial charge in [0.25, 0.3) is 0 Å². The number of hydrogen-bond donors (Lipinski definition) is 1. The van der Waals surface area contributed by atoms with Gasteiger partial charge in [0, 0.05) is 17.6 Å². The third-order valence-corrected chi connectivity index (χ3v) is 6.41. The van der Waals surface area contributed by atoms with Crippen LogP contribution < -0.4 is 5.32 Å². The van der Waals surface area contributed by atoms with Crippen molar-refractivity contribution >= 4 is 11.7 Å². The fourth-order valence-electron chi connectivity index (χ4n) is 4.67. The molecule has 3 aromatic carbocycles. The van der Waals surface area contributed by atoms with E-state index in [2.05, 4.69) is 84.5 Å². The molecule has 1 aromatic heterocycles. The lowest BCUT2D eigenvalue weighted by atomic mass is 9.97. The van der Waals surface area contributed by atoms with Gasteiger partial charge in [0.2, 0.25) is 0 Å². The number of aromatic nitrogens is 1. The zero-order chi connectivity index (χ0) is 22.9. The zero-order valence-corrected chi connectivity index (χ0v) is 19.3. The van der Waals surface area contributed by atoms with Gasteiger partial charge in [0.15, 0.2) is 0 Å². The maximum atomic E-state index is 13.7. The molecule has 4 nitrogen and oxygen atoms in total. The van der Waals surface area contributed by atoms with Crippen molar-refractivity contribution < 1.29 is 4.79 Å². The summed E-state index contributed by atoms with van der Waals surface area (Å²) < 4.78 is 2.22. The molecule has 2 amide bonds. The molecule has 0 radical (unpaired) electrons. The van der Waals surface area contributed by atoms with Gasteiger partial charge in [-0.3, -0.25) is 0 Å². The minimum atomic E-state index is -0.210. The lowest BCUT2D eigenvalue weighted by molar-refractivity contribution is 0.194. The van der Waals surface area contributed by atoms with Crippen LogP contribution in [0, 0.1) is 6.92 Å². The SMILES string of the molecule is Cc1cccc(NC(=O)N2Cc3ccccc3-n3cccc3[C@H]2c2ccc(C(C)C)cc2)c1. The first kappa shape index (κ1) is 21.1. The van der Waals surface area contributed by atoms with E-state index in [0.29, 0.717) is 12.5 Å². The molecule has 0 saturated carbocycles. The van der Waals surface area contributed by atoms with Crippen LogP contribution in [0.1, 0.15) is 53.8 Å². The minimum absolute atomic E-state index is 0.108. The number of anilines is 1. The van der Waals surface area contributed by atoms with E-state index in [1.807, 2.05) is 42.2 Å². The first-order valence-electron chi connectivity index (χ1n) is 11.5. The number of nitrogens with zero attached hydrogens (tertiary/aromatic N) is 2. The Morgan fingerprint density at radius 2 is 1.73 bits per heavy atom. The molecular weight excluding hydrogens is 406 g/mol. The summed E-state index contributed by atoms with van der Waals surface area (Å²) in [6, 6.07) is 28.8. The van der Waals surface area contributed by atoms with Gasteiger partial charge in [-0.25, -0.2) is 4.79 Å². The fraction of sp³-hybridized carbons (Fsp3) is 0.207. The predicted molar refractivity (Wildman–Crippen MR) is 134 cm³/mol. The van der Waals surface area contributed by atoms with Crippen molar-refractivity contribution in [3.8, 4) is 5.69 Å². The lowest BCUT2D eigenvalue weighted by Crippen LogP contribution is -2.37. The molecule has 33 heavy (non-hydrogen) atoms. The number of amides is 2. The summed E-state index contributed by atoms with van der Waals surface area (Å²) in [7, 11) is 0. The van der Waals surface area contributed by atoms with E-state index >= 15 is 0 Å². The van der Waals surface area contributed by atoms with Crippen LogP contribution >= 0.6 is 0 Å². The molecule has 0 bridgehead atoms. The van der Waals surface area contributed by atoms with Crippen LogP contribution in [0.2, 0.25) is 0 Å². The number of nitrogens with one attached hydrogen (secondary N) is 1. The van der Waals surface area contributed by atoms with Gasteiger partial charge in [-0.2, -0.15) is 0 Å². The number of carbonyl (C=O) groups is 1. The molecule has 2 heterocycles. The second-order valence-corrected chi connectivity index (χ2v) is 9.08. The Bertz CT molecular complexity index is 1290.